The van der Waals surface area contributed by atoms with E-state index in [0.717, 1.165) is 0 Å². The predicted molar refractivity (Wildman–Crippen MR) is 63.2 cm³/mol. The lowest BCUT2D eigenvalue weighted by Crippen LogP contribution is -2.48. The minimum atomic E-state index is -1.91. The normalized spacial score (nSPS) is 32.3. The van der Waals surface area contributed by atoms with Crippen LogP contribution in [-0.4, -0.2) is 36.8 Å². The van der Waals surface area contributed by atoms with Crippen LogP contribution in [0.5, 0.6) is 0 Å². The quantitative estimate of drug-likeness (QED) is 0.560. The lowest BCUT2D eigenvalue weighted by molar-refractivity contribution is 0.000598. The smallest absolute Gasteiger partial charge is 0.192 e. The Hall–Kier alpha value is -0.163. The Morgan fingerprint density at radius 1 is 1.07 bits per heavy atom. The molecule has 0 bridgehead atoms. The largest absolute Gasteiger partial charge is 0.408 e. The first-order valence-electron chi connectivity index (χ1n) is 5.37. The van der Waals surface area contributed by atoms with Crippen LogP contribution in [0.4, 0.5) is 0 Å². The number of hydrogen-bond acceptors (Lipinski definition) is 3. The summed E-state index contributed by atoms with van der Waals surface area (Å²) in [6.07, 6.45) is 1.37. The molecule has 0 fully saturated rings. The van der Waals surface area contributed by atoms with Gasteiger partial charge in [0.05, 0.1) is 12.2 Å². The third-order valence-corrected chi connectivity index (χ3v) is 7.89. The van der Waals surface area contributed by atoms with Crippen LogP contribution in [0.3, 0.4) is 0 Å². The summed E-state index contributed by atoms with van der Waals surface area (Å²) in [6.45, 7) is 10.6. The molecule has 0 aromatic heterocycles. The number of rotatable bonds is 2. The standard InChI is InChI=1S/C11H22O3Si/c1-11(2,3)15(4,5)14-10-8(12)6-7-9(10)13/h6-10,12-13H,1-5H3/t8-,9+,10?. The Bertz CT molecular complexity index is 243. The van der Waals surface area contributed by atoms with Gasteiger partial charge >= 0.3 is 0 Å². The second-order valence-corrected chi connectivity index (χ2v) is 10.5. The van der Waals surface area contributed by atoms with Crippen LogP contribution < -0.4 is 0 Å². The molecule has 88 valence electrons. The third-order valence-electron chi connectivity index (χ3n) is 3.42. The summed E-state index contributed by atoms with van der Waals surface area (Å²) < 4.78 is 5.96. The van der Waals surface area contributed by atoms with Crippen molar-refractivity contribution in [3.05, 3.63) is 12.2 Å². The first-order valence-corrected chi connectivity index (χ1v) is 8.28. The van der Waals surface area contributed by atoms with Crippen molar-refractivity contribution in [2.45, 2.75) is 57.2 Å². The Balaban J connectivity index is 2.70. The number of aliphatic hydroxyl groups excluding tert-OH is 2. The summed E-state index contributed by atoms with van der Waals surface area (Å²) in [6, 6.07) is 0. The fourth-order valence-corrected chi connectivity index (χ4v) is 2.62. The van der Waals surface area contributed by atoms with Crippen molar-refractivity contribution in [2.24, 2.45) is 0 Å². The maximum atomic E-state index is 9.64. The number of hydrogen-bond donors (Lipinski definition) is 2. The van der Waals surface area contributed by atoms with Crippen LogP contribution in [-0.2, 0) is 4.43 Å². The molecule has 0 spiro atoms. The van der Waals surface area contributed by atoms with Crippen molar-refractivity contribution >= 4 is 8.32 Å². The average Bonchev–Trinajstić information content (AvgIpc) is 2.33. The van der Waals surface area contributed by atoms with Crippen molar-refractivity contribution in [3.63, 3.8) is 0 Å². The van der Waals surface area contributed by atoms with E-state index in [1.165, 1.54) is 0 Å². The molecule has 0 aromatic rings. The second kappa shape index (κ2) is 4.01. The molecule has 3 atom stereocenters. The van der Waals surface area contributed by atoms with Gasteiger partial charge in [-0.2, -0.15) is 0 Å². The summed E-state index contributed by atoms with van der Waals surface area (Å²) >= 11 is 0. The molecule has 1 unspecified atom stereocenters. The average molecular weight is 230 g/mol. The molecule has 0 saturated carbocycles. The van der Waals surface area contributed by atoms with E-state index < -0.39 is 26.6 Å². The van der Waals surface area contributed by atoms with Crippen molar-refractivity contribution in [3.8, 4) is 0 Å². The lowest BCUT2D eigenvalue weighted by atomic mass is 10.2. The van der Waals surface area contributed by atoms with Gasteiger partial charge in [-0.05, 0) is 18.1 Å². The molecular formula is C11H22O3Si. The van der Waals surface area contributed by atoms with E-state index in [0.29, 0.717) is 0 Å². The molecule has 3 nitrogen and oxygen atoms in total. The van der Waals surface area contributed by atoms with Crippen LogP contribution in [0.1, 0.15) is 20.8 Å². The molecule has 0 radical (unpaired) electrons. The van der Waals surface area contributed by atoms with Crippen molar-refractivity contribution < 1.29 is 14.6 Å². The zero-order chi connectivity index (χ0) is 11.9. The van der Waals surface area contributed by atoms with Crippen LogP contribution in [0.2, 0.25) is 18.1 Å². The Morgan fingerprint density at radius 3 is 1.80 bits per heavy atom. The van der Waals surface area contributed by atoms with Crippen LogP contribution in [0.25, 0.3) is 0 Å². The highest BCUT2D eigenvalue weighted by atomic mass is 28.4. The third kappa shape index (κ3) is 2.69. The molecular weight excluding hydrogens is 208 g/mol. The first kappa shape index (κ1) is 12.9. The van der Waals surface area contributed by atoms with E-state index in [1.807, 2.05) is 0 Å². The zero-order valence-electron chi connectivity index (χ0n) is 10.2. The maximum absolute atomic E-state index is 9.64. The molecule has 1 aliphatic carbocycles. The van der Waals surface area contributed by atoms with Crippen LogP contribution >= 0.6 is 0 Å². The monoisotopic (exact) mass is 230 g/mol. The highest BCUT2D eigenvalue weighted by molar-refractivity contribution is 6.74. The Labute approximate surface area is 92.9 Å². The van der Waals surface area contributed by atoms with Gasteiger partial charge in [0, 0.05) is 0 Å². The van der Waals surface area contributed by atoms with Gasteiger partial charge < -0.3 is 14.6 Å². The summed E-state index contributed by atoms with van der Waals surface area (Å²) in [4.78, 5) is 0. The molecule has 4 heteroatoms. The van der Waals surface area contributed by atoms with Gasteiger partial charge in [0.1, 0.15) is 6.10 Å². The molecule has 0 aromatic carbocycles. The highest BCUT2D eigenvalue weighted by Gasteiger charge is 2.42. The van der Waals surface area contributed by atoms with Gasteiger partial charge in [0.15, 0.2) is 8.32 Å². The minimum Gasteiger partial charge on any atom is -0.408 e. The minimum absolute atomic E-state index is 0.0923. The van der Waals surface area contributed by atoms with E-state index in [4.69, 9.17) is 4.43 Å². The van der Waals surface area contributed by atoms with Gasteiger partial charge in [0.2, 0.25) is 0 Å². The predicted octanol–water partition coefficient (Wildman–Crippen LogP) is 1.67. The van der Waals surface area contributed by atoms with Crippen molar-refractivity contribution in [1.82, 2.24) is 0 Å². The molecule has 0 saturated heterocycles. The Morgan fingerprint density at radius 2 is 1.47 bits per heavy atom. The van der Waals surface area contributed by atoms with E-state index in [2.05, 4.69) is 33.9 Å². The summed E-state index contributed by atoms with van der Waals surface area (Å²) in [7, 11) is -1.91. The zero-order valence-corrected chi connectivity index (χ0v) is 11.2. The SMILES string of the molecule is CC(C)(C)[Si](C)(C)OC1[C@H](O)C=C[C@@H]1O. The molecule has 1 aliphatic rings. The molecule has 15 heavy (non-hydrogen) atoms. The molecule has 2 N–H and O–H groups in total. The van der Waals surface area contributed by atoms with Crippen LogP contribution in [0, 0.1) is 0 Å². The van der Waals surface area contributed by atoms with Gasteiger partial charge in [-0.3, -0.25) is 0 Å². The Kier molecular flexibility index (Phi) is 3.45. The highest BCUT2D eigenvalue weighted by Crippen LogP contribution is 2.38. The topological polar surface area (TPSA) is 49.7 Å². The molecule has 0 heterocycles. The first-order chi connectivity index (χ1) is 6.65. The van der Waals surface area contributed by atoms with E-state index in [9.17, 15) is 10.2 Å². The van der Waals surface area contributed by atoms with Crippen LogP contribution in [0.15, 0.2) is 12.2 Å². The van der Waals surface area contributed by atoms with Gasteiger partial charge in [-0.15, -0.1) is 0 Å². The summed E-state index contributed by atoms with van der Waals surface area (Å²) in [5, 5.41) is 19.4. The lowest BCUT2D eigenvalue weighted by Gasteiger charge is -2.39. The molecule has 0 amide bonds. The van der Waals surface area contributed by atoms with Crippen molar-refractivity contribution in [1.29, 1.82) is 0 Å². The molecule has 0 aliphatic heterocycles. The maximum Gasteiger partial charge on any atom is 0.192 e. The second-order valence-electron chi connectivity index (χ2n) is 5.71. The van der Waals surface area contributed by atoms with E-state index >= 15 is 0 Å². The fourth-order valence-electron chi connectivity index (χ4n) is 1.31. The van der Waals surface area contributed by atoms with Crippen molar-refractivity contribution in [2.75, 3.05) is 0 Å². The summed E-state index contributed by atoms with van der Waals surface area (Å²) in [5.74, 6) is 0. The fraction of sp³-hybridized carbons (Fsp3) is 0.818. The molecule has 1 rings (SSSR count). The van der Waals surface area contributed by atoms with Gasteiger partial charge in [-0.25, -0.2) is 0 Å². The summed E-state index contributed by atoms with van der Waals surface area (Å²) in [5.41, 5.74) is 0. The van der Waals surface area contributed by atoms with E-state index in [1.54, 1.807) is 12.2 Å². The number of aliphatic hydroxyl groups is 2. The van der Waals surface area contributed by atoms with E-state index in [-0.39, 0.29) is 5.04 Å². The van der Waals surface area contributed by atoms with Gasteiger partial charge in [0.25, 0.3) is 0 Å². The van der Waals surface area contributed by atoms with Gasteiger partial charge in [-0.1, -0.05) is 32.9 Å².